The lowest BCUT2D eigenvalue weighted by Gasteiger charge is -2.31. The molecule has 268 valence electrons. The van der Waals surface area contributed by atoms with Crippen molar-refractivity contribution in [1.29, 1.82) is 0 Å². The number of rotatable bonds is 11. The van der Waals surface area contributed by atoms with Crippen LogP contribution in [-0.4, -0.2) is 44.4 Å². The zero-order chi connectivity index (χ0) is 36.4. The maximum Gasteiger partial charge on any atom is 0.534 e. The summed E-state index contributed by atoms with van der Waals surface area (Å²) in [5.74, 6) is 0.300. The number of methoxy groups -OCH3 is 2. The van der Waals surface area contributed by atoms with Gasteiger partial charge in [-0.25, -0.2) is 4.98 Å². The van der Waals surface area contributed by atoms with Crippen molar-refractivity contribution in [3.8, 4) is 17.4 Å². The molecule has 0 fully saturated rings. The zero-order valence-electron chi connectivity index (χ0n) is 26.4. The van der Waals surface area contributed by atoms with Crippen LogP contribution in [0.5, 0.6) is 17.4 Å². The second-order valence-corrected chi connectivity index (χ2v) is 13.6. The fourth-order valence-corrected chi connectivity index (χ4v) is 6.36. The molecular weight excluding hydrogens is 736 g/mol. The summed E-state index contributed by atoms with van der Waals surface area (Å²) < 4.78 is 127. The molecule has 1 atom stereocenters. The summed E-state index contributed by atoms with van der Waals surface area (Å²) in [6.45, 7) is -0.174. The molecule has 18 heteroatoms. The standard InChI is InChI=1S/C32H28ClF6N3O6S2/c1-45-21-8-4-18(5-9-21)15-42(16-19-6-10-22(46-2)11-7-19)20-12-23(28(25(33)13-20)31(34,35)36)27-14-26-24(17-47-27)29(41-30(40-26)49-3)48-50(43,44)32(37,38)39/h4-13,27H,14-17H2,1-3H3. The number of hydrogen-bond donors (Lipinski definition) is 0. The van der Waals surface area contributed by atoms with E-state index in [4.69, 9.17) is 25.8 Å². The van der Waals surface area contributed by atoms with Gasteiger partial charge in [0.2, 0.25) is 5.88 Å². The van der Waals surface area contributed by atoms with Gasteiger partial charge >= 0.3 is 21.8 Å². The first-order valence-corrected chi connectivity index (χ1v) is 17.5. The molecule has 4 aromatic rings. The van der Waals surface area contributed by atoms with Gasteiger partial charge in [-0.15, -0.1) is 0 Å². The first kappa shape index (κ1) is 37.3. The van der Waals surface area contributed by atoms with E-state index in [-0.39, 0.29) is 35.1 Å². The van der Waals surface area contributed by atoms with Crippen LogP contribution in [0.1, 0.15) is 39.6 Å². The number of ether oxygens (including phenoxy) is 3. The number of anilines is 1. The second kappa shape index (κ2) is 14.7. The van der Waals surface area contributed by atoms with E-state index in [0.29, 0.717) is 17.2 Å². The molecule has 5 rings (SSSR count). The Hall–Kier alpha value is -3.93. The molecule has 1 aliphatic rings. The molecule has 0 spiro atoms. The zero-order valence-corrected chi connectivity index (χ0v) is 28.8. The van der Waals surface area contributed by atoms with E-state index in [1.807, 2.05) is 29.2 Å². The quantitative estimate of drug-likeness (QED) is 0.0490. The third-order valence-electron chi connectivity index (χ3n) is 7.66. The first-order valence-electron chi connectivity index (χ1n) is 14.5. The van der Waals surface area contributed by atoms with Gasteiger partial charge in [0.1, 0.15) is 11.5 Å². The average Bonchev–Trinajstić information content (AvgIpc) is 3.06. The number of hydrogen-bond acceptors (Lipinski definition) is 10. The fourth-order valence-electron chi connectivity index (χ4n) is 5.22. The second-order valence-electron chi connectivity index (χ2n) is 10.9. The Morgan fingerprint density at radius 1 is 0.920 bits per heavy atom. The minimum absolute atomic E-state index is 0.0454. The highest BCUT2D eigenvalue weighted by atomic mass is 35.5. The van der Waals surface area contributed by atoms with Gasteiger partial charge in [0.25, 0.3) is 0 Å². The highest BCUT2D eigenvalue weighted by molar-refractivity contribution is 7.98. The normalized spacial score (nSPS) is 15.0. The van der Waals surface area contributed by atoms with E-state index in [1.165, 1.54) is 32.6 Å². The van der Waals surface area contributed by atoms with Crippen LogP contribution in [0, 0.1) is 0 Å². The summed E-state index contributed by atoms with van der Waals surface area (Å²) in [5, 5.41) is -0.772. The minimum Gasteiger partial charge on any atom is -0.497 e. The summed E-state index contributed by atoms with van der Waals surface area (Å²) in [6.07, 6.45) is -5.20. The molecular formula is C32H28ClF6N3O6S2. The van der Waals surface area contributed by atoms with E-state index in [1.54, 1.807) is 24.3 Å². The summed E-state index contributed by atoms with van der Waals surface area (Å²) >= 11 is 7.26. The largest absolute Gasteiger partial charge is 0.534 e. The van der Waals surface area contributed by atoms with Crippen molar-refractivity contribution in [2.75, 3.05) is 25.4 Å². The Kier molecular flexibility index (Phi) is 11.0. The van der Waals surface area contributed by atoms with E-state index in [2.05, 4.69) is 14.2 Å². The number of thioether (sulfide) groups is 1. The van der Waals surface area contributed by atoms with Gasteiger partial charge in [-0.05, 0) is 59.3 Å². The lowest BCUT2D eigenvalue weighted by Crippen LogP contribution is -2.30. The van der Waals surface area contributed by atoms with Crippen LogP contribution < -0.4 is 18.6 Å². The summed E-state index contributed by atoms with van der Waals surface area (Å²) in [4.78, 5) is 9.82. The van der Waals surface area contributed by atoms with Crippen LogP contribution in [0.2, 0.25) is 5.02 Å². The topological polar surface area (TPSA) is 100 Å². The van der Waals surface area contributed by atoms with Crippen molar-refractivity contribution in [2.24, 2.45) is 0 Å². The molecule has 0 saturated heterocycles. The molecule has 9 nitrogen and oxygen atoms in total. The van der Waals surface area contributed by atoms with Crippen LogP contribution in [0.3, 0.4) is 0 Å². The minimum atomic E-state index is -6.12. The van der Waals surface area contributed by atoms with Crippen molar-refractivity contribution in [3.05, 3.63) is 99.2 Å². The van der Waals surface area contributed by atoms with Gasteiger partial charge in [0.05, 0.1) is 48.8 Å². The Morgan fingerprint density at radius 2 is 1.48 bits per heavy atom. The molecule has 0 bridgehead atoms. The van der Waals surface area contributed by atoms with E-state index < -0.39 is 57.4 Å². The van der Waals surface area contributed by atoms with Gasteiger partial charge in [-0.3, -0.25) is 0 Å². The molecule has 0 aliphatic carbocycles. The molecule has 0 amide bonds. The smallest absolute Gasteiger partial charge is 0.497 e. The molecule has 3 aromatic carbocycles. The maximum atomic E-state index is 14.6. The Labute approximate surface area is 292 Å². The fraction of sp³-hybridized carbons (Fsp3) is 0.312. The van der Waals surface area contributed by atoms with Crippen molar-refractivity contribution >= 4 is 39.2 Å². The third-order valence-corrected chi connectivity index (χ3v) is 9.45. The SMILES string of the molecule is COc1ccc(CN(Cc2ccc(OC)cc2)c2cc(Cl)c(C(F)(F)F)c(C3Cc4nc(SC)nc(OS(=O)(=O)C(F)(F)F)c4CO3)c2)cc1. The molecule has 1 unspecified atom stereocenters. The maximum absolute atomic E-state index is 14.6. The molecule has 1 aliphatic heterocycles. The number of alkyl halides is 6. The van der Waals surface area contributed by atoms with Crippen LogP contribution >= 0.6 is 23.4 Å². The molecule has 1 aromatic heterocycles. The predicted octanol–water partition coefficient (Wildman–Crippen LogP) is 8.14. The number of halogens is 7. The van der Waals surface area contributed by atoms with Crippen molar-refractivity contribution in [2.45, 2.75) is 49.1 Å². The summed E-state index contributed by atoms with van der Waals surface area (Å²) in [5.41, 5.74) is -5.64. The molecule has 0 N–H and O–H groups in total. The van der Waals surface area contributed by atoms with Gasteiger partial charge in [0, 0.05) is 25.2 Å². The summed E-state index contributed by atoms with van der Waals surface area (Å²) in [7, 11) is -3.08. The average molecular weight is 764 g/mol. The highest BCUT2D eigenvalue weighted by Gasteiger charge is 2.49. The van der Waals surface area contributed by atoms with Gasteiger partial charge in [0.15, 0.2) is 5.16 Å². The van der Waals surface area contributed by atoms with Crippen molar-refractivity contribution in [3.63, 3.8) is 0 Å². The highest BCUT2D eigenvalue weighted by Crippen LogP contribution is 2.46. The Bertz CT molecular complexity index is 1900. The Morgan fingerprint density at radius 3 is 1.96 bits per heavy atom. The van der Waals surface area contributed by atoms with Crippen molar-refractivity contribution in [1.82, 2.24) is 9.97 Å². The molecule has 0 radical (unpaired) electrons. The van der Waals surface area contributed by atoms with Crippen molar-refractivity contribution < 1.29 is 53.2 Å². The molecule has 0 saturated carbocycles. The van der Waals surface area contributed by atoms with E-state index >= 15 is 0 Å². The van der Waals surface area contributed by atoms with Crippen LogP contribution in [0.15, 0.2) is 65.8 Å². The summed E-state index contributed by atoms with van der Waals surface area (Å²) in [6, 6.07) is 16.8. The Balaban J connectivity index is 1.58. The number of fused-ring (bicyclic) bond motifs is 1. The number of aromatic nitrogens is 2. The lowest BCUT2D eigenvalue weighted by atomic mass is 9.94. The first-order chi connectivity index (χ1) is 23.5. The molecule has 2 heterocycles. The predicted molar refractivity (Wildman–Crippen MR) is 173 cm³/mol. The lowest BCUT2D eigenvalue weighted by molar-refractivity contribution is -0.139. The van der Waals surface area contributed by atoms with E-state index in [0.717, 1.165) is 22.9 Å². The number of nitrogens with zero attached hydrogens (tertiary/aromatic N) is 3. The van der Waals surface area contributed by atoms with Crippen LogP contribution in [0.4, 0.5) is 32.0 Å². The number of benzene rings is 3. The monoisotopic (exact) mass is 763 g/mol. The van der Waals surface area contributed by atoms with E-state index in [9.17, 15) is 34.8 Å². The van der Waals surface area contributed by atoms with Gasteiger partial charge in [-0.1, -0.05) is 47.6 Å². The van der Waals surface area contributed by atoms with Crippen LogP contribution in [-0.2, 0) is 47.1 Å². The third kappa shape index (κ3) is 8.33. The van der Waals surface area contributed by atoms with Gasteiger partial charge < -0.3 is 23.3 Å². The van der Waals surface area contributed by atoms with Gasteiger partial charge in [-0.2, -0.15) is 39.7 Å². The van der Waals surface area contributed by atoms with Crippen LogP contribution in [0.25, 0.3) is 0 Å². The molecule has 50 heavy (non-hydrogen) atoms.